The SMILES string of the molecule is CC1C[CH-]C(Cl)CC1I.[Zn+][Br]. The molecule has 1 aliphatic carbocycles. The second-order valence-corrected chi connectivity index (χ2v) is 4.88. The first kappa shape index (κ1) is 13.1. The van der Waals surface area contributed by atoms with Gasteiger partial charge in [0.1, 0.15) is 0 Å². The van der Waals surface area contributed by atoms with Gasteiger partial charge in [0.2, 0.25) is 0 Å². The zero-order chi connectivity index (χ0) is 8.85. The Balaban J connectivity index is 0.000000461. The van der Waals surface area contributed by atoms with Crippen molar-refractivity contribution in [1.82, 2.24) is 0 Å². The van der Waals surface area contributed by atoms with Crippen molar-refractivity contribution in [3.63, 3.8) is 0 Å². The van der Waals surface area contributed by atoms with Crippen LogP contribution < -0.4 is 0 Å². The monoisotopic (exact) mass is 400 g/mol. The van der Waals surface area contributed by atoms with Crippen LogP contribution in [0.5, 0.6) is 0 Å². The van der Waals surface area contributed by atoms with Gasteiger partial charge in [0.25, 0.3) is 0 Å². The van der Waals surface area contributed by atoms with Gasteiger partial charge >= 0.3 is 30.0 Å². The van der Waals surface area contributed by atoms with E-state index in [1.165, 1.54) is 22.8 Å². The number of halogens is 3. The summed E-state index contributed by atoms with van der Waals surface area (Å²) in [6.07, 6.45) is 4.58. The van der Waals surface area contributed by atoms with Crippen molar-refractivity contribution >= 4 is 47.8 Å². The second kappa shape index (κ2) is 7.52. The Labute approximate surface area is 104 Å². The molecule has 3 atom stereocenters. The van der Waals surface area contributed by atoms with Crippen LogP contribution in [0.2, 0.25) is 0 Å². The minimum absolute atomic E-state index is 0.336. The van der Waals surface area contributed by atoms with Crippen LogP contribution in [0.1, 0.15) is 19.8 Å². The van der Waals surface area contributed by atoms with E-state index in [2.05, 4.69) is 49.6 Å². The number of rotatable bonds is 0. The van der Waals surface area contributed by atoms with Crippen LogP contribution in [-0.4, -0.2) is 9.30 Å². The minimum atomic E-state index is 0.336. The molecule has 0 radical (unpaired) electrons. The van der Waals surface area contributed by atoms with E-state index in [1.807, 2.05) is 0 Å². The normalized spacial score (nSPS) is 37.5. The van der Waals surface area contributed by atoms with Gasteiger partial charge in [0.15, 0.2) is 0 Å². The molecule has 0 aliphatic heterocycles. The molecule has 4 heteroatoms. The van der Waals surface area contributed by atoms with Gasteiger partial charge in [-0.15, -0.1) is 0 Å². The Bertz CT molecular complexity index is 104. The van der Waals surface area contributed by atoms with Gasteiger partial charge in [-0.3, -0.25) is 0 Å². The molecule has 0 saturated heterocycles. The molecule has 0 heterocycles. The van der Waals surface area contributed by atoms with Crippen molar-refractivity contribution in [3.8, 4) is 0 Å². The third-order valence-electron chi connectivity index (χ3n) is 1.83. The fraction of sp³-hybridized carbons (Fsp3) is 0.857. The molecular formula is C7H11BrClIZn. The Morgan fingerprint density at radius 3 is 2.55 bits per heavy atom. The van der Waals surface area contributed by atoms with E-state index in [1.54, 1.807) is 0 Å². The summed E-state index contributed by atoms with van der Waals surface area (Å²) in [5, 5.41) is 0.336. The summed E-state index contributed by atoms with van der Waals surface area (Å²) < 4.78 is 0.787. The van der Waals surface area contributed by atoms with Crippen LogP contribution in [0.15, 0.2) is 0 Å². The predicted octanol–water partition coefficient (Wildman–Crippen LogP) is 3.87. The zero-order valence-electron chi connectivity index (χ0n) is 6.56. The van der Waals surface area contributed by atoms with Crippen molar-refractivity contribution in [2.24, 2.45) is 5.92 Å². The molecule has 0 aromatic rings. The van der Waals surface area contributed by atoms with E-state index >= 15 is 0 Å². The third-order valence-corrected chi connectivity index (χ3v) is 3.92. The van der Waals surface area contributed by atoms with Crippen LogP contribution >= 0.6 is 47.8 Å². The van der Waals surface area contributed by atoms with Gasteiger partial charge in [0, 0.05) is 3.92 Å². The molecule has 1 saturated carbocycles. The molecule has 11 heavy (non-hydrogen) atoms. The average molecular weight is 403 g/mol. The molecule has 0 spiro atoms. The van der Waals surface area contributed by atoms with E-state index in [9.17, 15) is 0 Å². The first-order chi connectivity index (χ1) is 5.20. The van der Waals surface area contributed by atoms with E-state index in [-0.39, 0.29) is 0 Å². The average Bonchev–Trinajstić information content (AvgIpc) is 2.02. The predicted molar refractivity (Wildman–Crippen MR) is 59.1 cm³/mol. The quantitative estimate of drug-likeness (QED) is 0.250. The molecule has 1 fully saturated rings. The summed E-state index contributed by atoms with van der Waals surface area (Å²) in [4.78, 5) is 0. The Morgan fingerprint density at radius 1 is 1.64 bits per heavy atom. The third kappa shape index (κ3) is 5.43. The topological polar surface area (TPSA) is 0 Å². The zero-order valence-corrected chi connectivity index (χ0v) is 14.0. The second-order valence-electron chi connectivity index (χ2n) is 2.72. The summed E-state index contributed by atoms with van der Waals surface area (Å²) in [5.41, 5.74) is 0. The maximum atomic E-state index is 5.92. The van der Waals surface area contributed by atoms with E-state index in [0.717, 1.165) is 16.3 Å². The number of hydrogen-bond acceptors (Lipinski definition) is 0. The van der Waals surface area contributed by atoms with Crippen molar-refractivity contribution in [2.45, 2.75) is 29.1 Å². The Morgan fingerprint density at radius 2 is 2.18 bits per heavy atom. The summed E-state index contributed by atoms with van der Waals surface area (Å²) in [7, 11) is 0. The van der Waals surface area contributed by atoms with Crippen LogP contribution in [0, 0.1) is 12.3 Å². The molecule has 3 unspecified atom stereocenters. The molecule has 62 valence electrons. The van der Waals surface area contributed by atoms with Crippen molar-refractivity contribution in [2.75, 3.05) is 0 Å². The molecule has 0 nitrogen and oxygen atoms in total. The molecule has 0 aromatic carbocycles. The Hall–Kier alpha value is 2.12. The van der Waals surface area contributed by atoms with Crippen LogP contribution in [0.25, 0.3) is 0 Å². The van der Waals surface area contributed by atoms with Gasteiger partial charge < -0.3 is 6.42 Å². The van der Waals surface area contributed by atoms with Crippen LogP contribution in [0.3, 0.4) is 0 Å². The maximum absolute atomic E-state index is 5.92. The molecule has 1 aliphatic rings. The molecule has 0 aromatic heterocycles. The standard InChI is InChI=1S/C7H11ClI.BrH.Zn/c1-5-2-3-6(8)4-7(5)9;;/h3,5-7H,2,4H2,1H3;1H;/q-1;;+2/p-1. The Kier molecular flexibility index (Phi) is 8.97. The molecule has 1 rings (SSSR count). The summed E-state index contributed by atoms with van der Waals surface area (Å²) in [6.45, 7) is 2.29. The van der Waals surface area contributed by atoms with E-state index in [4.69, 9.17) is 11.6 Å². The van der Waals surface area contributed by atoms with Gasteiger partial charge in [-0.2, -0.15) is 18.0 Å². The van der Waals surface area contributed by atoms with Crippen molar-refractivity contribution < 1.29 is 16.3 Å². The number of hydrogen-bond donors (Lipinski definition) is 0. The van der Waals surface area contributed by atoms with Crippen molar-refractivity contribution in [3.05, 3.63) is 6.42 Å². The summed E-state index contributed by atoms with van der Waals surface area (Å²) in [6, 6.07) is 0. The van der Waals surface area contributed by atoms with Crippen LogP contribution in [-0.2, 0) is 16.3 Å². The molecular weight excluding hydrogens is 392 g/mol. The fourth-order valence-electron chi connectivity index (χ4n) is 1.05. The summed E-state index contributed by atoms with van der Waals surface area (Å²) >= 11 is 12.7. The van der Waals surface area contributed by atoms with Crippen LogP contribution in [0.4, 0.5) is 0 Å². The van der Waals surface area contributed by atoms with Crippen molar-refractivity contribution in [1.29, 1.82) is 0 Å². The summed E-state index contributed by atoms with van der Waals surface area (Å²) in [5.74, 6) is 0.834. The molecule has 0 amide bonds. The van der Waals surface area contributed by atoms with Gasteiger partial charge in [-0.1, -0.05) is 47.2 Å². The molecule has 0 bridgehead atoms. The van der Waals surface area contributed by atoms with E-state index < -0.39 is 0 Å². The fourth-order valence-corrected chi connectivity index (χ4v) is 2.49. The molecule has 0 N–H and O–H groups in total. The first-order valence-corrected chi connectivity index (χ1v) is 12.2. The van der Waals surface area contributed by atoms with E-state index in [0.29, 0.717) is 5.38 Å². The van der Waals surface area contributed by atoms with Gasteiger partial charge in [-0.05, 0) is 0 Å². The number of alkyl halides is 2. The van der Waals surface area contributed by atoms with Gasteiger partial charge in [0.05, 0.1) is 0 Å². The first-order valence-electron chi connectivity index (χ1n) is 3.58. The van der Waals surface area contributed by atoms with Gasteiger partial charge in [-0.25, -0.2) is 0 Å².